The SMILES string of the molecule is O=C(CN1CC[C@@](OCl)(C(=O)Nc2ccc3[nH]nc(-c4ccc(F)cc4)c3c2)C1)N1CC=C(c2ncc(-c3ncccn3)cc2F)CC1. The number of benzene rings is 2. The normalized spacial score (nSPS) is 18.2. The minimum absolute atomic E-state index is 0.0683. The number of aromatic nitrogens is 5. The number of nitrogens with one attached hydrogen (secondary N) is 2. The smallest absolute Gasteiger partial charge is 0.259 e. The summed E-state index contributed by atoms with van der Waals surface area (Å²) in [5, 5.41) is 11.0. The van der Waals surface area contributed by atoms with Gasteiger partial charge in [-0.3, -0.25) is 28.9 Å². The number of fused-ring (bicyclic) bond motifs is 1. The molecule has 0 aliphatic carbocycles. The molecule has 5 heterocycles. The number of rotatable bonds is 8. The number of likely N-dealkylation sites (tertiary alicyclic amines) is 1. The highest BCUT2D eigenvalue weighted by Gasteiger charge is 2.47. The van der Waals surface area contributed by atoms with E-state index < -0.39 is 17.3 Å². The van der Waals surface area contributed by atoms with Crippen molar-refractivity contribution in [2.24, 2.45) is 0 Å². The van der Waals surface area contributed by atoms with Crippen LogP contribution in [0.15, 0.2) is 79.3 Å². The topological polar surface area (TPSA) is 129 Å². The van der Waals surface area contributed by atoms with Crippen molar-refractivity contribution in [2.75, 3.05) is 38.0 Å². The quantitative estimate of drug-likeness (QED) is 0.230. The fraction of sp³-hybridized carbons (Fsp3) is 0.235. The van der Waals surface area contributed by atoms with Crippen LogP contribution >= 0.6 is 11.9 Å². The number of anilines is 1. The Balaban J connectivity index is 0.970. The Morgan fingerprint density at radius 1 is 1.00 bits per heavy atom. The minimum atomic E-state index is -1.37. The van der Waals surface area contributed by atoms with E-state index in [9.17, 15) is 18.4 Å². The van der Waals surface area contributed by atoms with Crippen molar-refractivity contribution in [3.63, 3.8) is 0 Å². The van der Waals surface area contributed by atoms with Crippen LogP contribution in [-0.4, -0.2) is 85.1 Å². The number of nitrogens with zero attached hydrogens (tertiary/aromatic N) is 6. The number of H-pyrrole nitrogens is 1. The van der Waals surface area contributed by atoms with Crippen LogP contribution in [0.1, 0.15) is 18.5 Å². The standard InChI is InChI=1S/C34H29ClF2N8O3/c35-48-34(33(47)41-25-6-7-28-26(17-25)30(43-42-28)21-2-4-24(36)5-3-21)10-15-44(20-34)19-29(46)45-13-8-22(9-14-45)31-27(37)16-23(18-40-31)32-38-11-1-12-39-32/h1-8,11-12,16-18H,9-10,13-15,19-20H2,(H,41,47)(H,42,43)/t34-/m0/s1. The van der Waals surface area contributed by atoms with Gasteiger partial charge in [0.2, 0.25) is 5.91 Å². The predicted molar refractivity (Wildman–Crippen MR) is 175 cm³/mol. The van der Waals surface area contributed by atoms with Gasteiger partial charge >= 0.3 is 0 Å². The Labute approximate surface area is 278 Å². The molecule has 3 aromatic heterocycles. The fourth-order valence-corrected chi connectivity index (χ4v) is 6.28. The highest BCUT2D eigenvalue weighted by atomic mass is 35.5. The zero-order valence-electron chi connectivity index (χ0n) is 25.5. The average Bonchev–Trinajstić information content (AvgIpc) is 3.74. The molecule has 1 atom stereocenters. The van der Waals surface area contributed by atoms with E-state index in [1.807, 2.05) is 11.0 Å². The third-order valence-corrected chi connectivity index (χ3v) is 9.00. The van der Waals surface area contributed by atoms with Gasteiger partial charge in [-0.25, -0.2) is 18.7 Å². The zero-order chi connectivity index (χ0) is 33.3. The number of hydrogen-bond donors (Lipinski definition) is 2. The second kappa shape index (κ2) is 13.2. The zero-order valence-corrected chi connectivity index (χ0v) is 26.3. The molecule has 0 saturated carbocycles. The van der Waals surface area contributed by atoms with Gasteiger partial charge < -0.3 is 10.2 Å². The number of pyridine rings is 1. The lowest BCUT2D eigenvalue weighted by Crippen LogP contribution is -2.47. The van der Waals surface area contributed by atoms with Crippen molar-refractivity contribution in [1.82, 2.24) is 34.9 Å². The molecular weight excluding hydrogens is 642 g/mol. The van der Waals surface area contributed by atoms with Gasteiger partial charge in [-0.05, 0) is 66.6 Å². The molecule has 1 saturated heterocycles. The molecule has 2 amide bonds. The summed E-state index contributed by atoms with van der Waals surface area (Å²) in [6, 6.07) is 14.3. The second-order valence-electron chi connectivity index (χ2n) is 11.8. The van der Waals surface area contributed by atoms with E-state index in [-0.39, 0.29) is 36.9 Å². The first-order valence-electron chi connectivity index (χ1n) is 15.3. The van der Waals surface area contributed by atoms with E-state index in [1.165, 1.54) is 18.2 Å². The Bertz CT molecular complexity index is 2020. The maximum atomic E-state index is 15.0. The number of carbonyl (C=O) groups excluding carboxylic acids is 2. The summed E-state index contributed by atoms with van der Waals surface area (Å²) in [5.74, 6) is -1.00. The first-order chi connectivity index (χ1) is 23.3. The van der Waals surface area contributed by atoms with Crippen LogP contribution in [-0.2, 0) is 13.9 Å². The van der Waals surface area contributed by atoms with Crippen molar-refractivity contribution in [1.29, 1.82) is 0 Å². The largest absolute Gasteiger partial charge is 0.338 e. The van der Waals surface area contributed by atoms with E-state index in [2.05, 4.69) is 30.5 Å². The number of hydrogen-bond acceptors (Lipinski definition) is 8. The third kappa shape index (κ3) is 6.27. The molecule has 11 nitrogen and oxygen atoms in total. The van der Waals surface area contributed by atoms with Crippen LogP contribution < -0.4 is 5.32 Å². The molecule has 2 N–H and O–H groups in total. The fourth-order valence-electron chi connectivity index (χ4n) is 6.09. The maximum absolute atomic E-state index is 15.0. The molecule has 244 valence electrons. The molecule has 48 heavy (non-hydrogen) atoms. The monoisotopic (exact) mass is 670 g/mol. The summed E-state index contributed by atoms with van der Waals surface area (Å²) in [6.45, 7) is 1.31. The molecule has 2 aliphatic heterocycles. The number of aromatic amines is 1. The van der Waals surface area contributed by atoms with Crippen molar-refractivity contribution in [3.05, 3.63) is 96.6 Å². The summed E-state index contributed by atoms with van der Waals surface area (Å²) < 4.78 is 33.7. The van der Waals surface area contributed by atoms with E-state index in [1.54, 1.807) is 59.9 Å². The van der Waals surface area contributed by atoms with Gasteiger partial charge in [-0.15, -0.1) is 0 Å². The van der Waals surface area contributed by atoms with Gasteiger partial charge in [-0.1, -0.05) is 6.08 Å². The molecule has 0 spiro atoms. The first kappa shape index (κ1) is 31.5. The Morgan fingerprint density at radius 2 is 1.81 bits per heavy atom. The molecule has 7 rings (SSSR count). The molecule has 5 aromatic rings. The van der Waals surface area contributed by atoms with Gasteiger partial charge in [0.25, 0.3) is 5.91 Å². The van der Waals surface area contributed by atoms with Crippen molar-refractivity contribution in [3.8, 4) is 22.6 Å². The Morgan fingerprint density at radius 3 is 2.54 bits per heavy atom. The molecule has 0 bridgehead atoms. The van der Waals surface area contributed by atoms with Crippen LogP contribution in [0.4, 0.5) is 14.5 Å². The van der Waals surface area contributed by atoms with Crippen molar-refractivity contribution < 1.29 is 22.7 Å². The number of halogens is 3. The molecule has 2 aromatic carbocycles. The molecular formula is C34H29ClF2N8O3. The van der Waals surface area contributed by atoms with E-state index in [0.29, 0.717) is 48.8 Å². The van der Waals surface area contributed by atoms with Crippen LogP contribution in [0, 0.1) is 11.6 Å². The minimum Gasteiger partial charge on any atom is -0.338 e. The average molecular weight is 671 g/mol. The number of carbonyl (C=O) groups is 2. The lowest BCUT2D eigenvalue weighted by atomic mass is 10.0. The molecule has 2 aliphatic rings. The molecule has 14 heteroatoms. The Kier molecular flexibility index (Phi) is 8.65. The summed E-state index contributed by atoms with van der Waals surface area (Å²) >= 11 is 5.92. The van der Waals surface area contributed by atoms with Crippen molar-refractivity contribution in [2.45, 2.75) is 18.4 Å². The van der Waals surface area contributed by atoms with E-state index in [0.717, 1.165) is 22.0 Å². The first-order valence-corrected chi connectivity index (χ1v) is 15.6. The summed E-state index contributed by atoms with van der Waals surface area (Å²) in [4.78, 5) is 42.9. The molecule has 0 unspecified atom stereocenters. The lowest BCUT2D eigenvalue weighted by Gasteiger charge is -2.29. The second-order valence-corrected chi connectivity index (χ2v) is 11.9. The maximum Gasteiger partial charge on any atom is 0.259 e. The summed E-state index contributed by atoms with van der Waals surface area (Å²) in [7, 11) is 0. The van der Waals surface area contributed by atoms with Crippen LogP contribution in [0.25, 0.3) is 39.1 Å². The molecule has 0 radical (unpaired) electrons. The lowest BCUT2D eigenvalue weighted by molar-refractivity contribution is -0.133. The van der Waals surface area contributed by atoms with Gasteiger partial charge in [0.1, 0.15) is 17.3 Å². The van der Waals surface area contributed by atoms with Crippen LogP contribution in [0.2, 0.25) is 0 Å². The van der Waals surface area contributed by atoms with Gasteiger partial charge in [0.05, 0.1) is 29.6 Å². The predicted octanol–water partition coefficient (Wildman–Crippen LogP) is 5.23. The Hall–Kier alpha value is -5.11. The van der Waals surface area contributed by atoms with Crippen molar-refractivity contribution >= 4 is 45.8 Å². The highest BCUT2D eigenvalue weighted by molar-refractivity contribution is 6.11. The van der Waals surface area contributed by atoms with Gasteiger partial charge in [-0.2, -0.15) is 5.10 Å². The summed E-state index contributed by atoms with van der Waals surface area (Å²) in [6.07, 6.45) is 7.25. The van der Waals surface area contributed by atoms with E-state index >= 15 is 0 Å². The van der Waals surface area contributed by atoms with Crippen LogP contribution in [0.5, 0.6) is 0 Å². The third-order valence-electron chi connectivity index (χ3n) is 8.70. The summed E-state index contributed by atoms with van der Waals surface area (Å²) in [5.41, 5.74) is 2.67. The van der Waals surface area contributed by atoms with Gasteiger partial charge in [0, 0.05) is 73.4 Å². The van der Waals surface area contributed by atoms with Gasteiger partial charge in [0.15, 0.2) is 11.4 Å². The van der Waals surface area contributed by atoms with Crippen LogP contribution in [0.3, 0.4) is 0 Å². The molecule has 1 fully saturated rings. The highest BCUT2D eigenvalue weighted by Crippen LogP contribution is 2.32. The number of amides is 2. The van der Waals surface area contributed by atoms with E-state index in [4.69, 9.17) is 16.2 Å².